The maximum absolute atomic E-state index is 12.1. The molecule has 1 aliphatic rings. The SMILES string of the molecule is CCOC(=O)c1ccc(S(=O)(=O)NC2CCCNC2)o1. The van der Waals surface area contributed by atoms with E-state index in [0.29, 0.717) is 6.54 Å². The Hall–Kier alpha value is -1.38. The van der Waals surface area contributed by atoms with E-state index in [9.17, 15) is 13.2 Å². The Bertz CT molecular complexity index is 560. The summed E-state index contributed by atoms with van der Waals surface area (Å²) in [6.07, 6.45) is 1.69. The van der Waals surface area contributed by atoms with Gasteiger partial charge in [0.1, 0.15) is 0 Å². The van der Waals surface area contributed by atoms with Gasteiger partial charge in [-0.15, -0.1) is 0 Å². The quantitative estimate of drug-likeness (QED) is 0.768. The molecule has 8 heteroatoms. The first kappa shape index (κ1) is 15.0. The number of hydrogen-bond acceptors (Lipinski definition) is 6. The van der Waals surface area contributed by atoms with Crippen LogP contribution in [0.4, 0.5) is 0 Å². The fraction of sp³-hybridized carbons (Fsp3) is 0.583. The van der Waals surface area contributed by atoms with Crippen LogP contribution in [0, 0.1) is 0 Å². The lowest BCUT2D eigenvalue weighted by atomic mass is 10.1. The largest absolute Gasteiger partial charge is 0.460 e. The zero-order chi connectivity index (χ0) is 14.6. The van der Waals surface area contributed by atoms with E-state index in [4.69, 9.17) is 9.15 Å². The Morgan fingerprint density at radius 3 is 3.00 bits per heavy atom. The van der Waals surface area contributed by atoms with Crippen molar-refractivity contribution in [1.82, 2.24) is 10.0 Å². The molecule has 1 aromatic heterocycles. The Kier molecular flexibility index (Phi) is 4.79. The highest BCUT2D eigenvalue weighted by atomic mass is 32.2. The van der Waals surface area contributed by atoms with Crippen molar-refractivity contribution in [2.45, 2.75) is 30.9 Å². The number of esters is 1. The molecular weight excluding hydrogens is 284 g/mol. The summed E-state index contributed by atoms with van der Waals surface area (Å²) >= 11 is 0. The summed E-state index contributed by atoms with van der Waals surface area (Å²) in [6, 6.07) is 2.39. The molecule has 1 unspecified atom stereocenters. The van der Waals surface area contributed by atoms with Gasteiger partial charge < -0.3 is 14.5 Å². The third-order valence-electron chi connectivity index (χ3n) is 2.94. The van der Waals surface area contributed by atoms with Gasteiger partial charge in [-0.2, -0.15) is 0 Å². The molecule has 2 rings (SSSR count). The molecule has 1 aliphatic heterocycles. The maximum Gasteiger partial charge on any atom is 0.374 e. The highest BCUT2D eigenvalue weighted by molar-refractivity contribution is 7.89. The first-order chi connectivity index (χ1) is 9.53. The van der Waals surface area contributed by atoms with Crippen LogP contribution in [0.2, 0.25) is 0 Å². The van der Waals surface area contributed by atoms with E-state index in [2.05, 4.69) is 10.0 Å². The Morgan fingerprint density at radius 1 is 1.55 bits per heavy atom. The molecule has 112 valence electrons. The second-order valence-corrected chi connectivity index (χ2v) is 6.15. The monoisotopic (exact) mass is 302 g/mol. The van der Waals surface area contributed by atoms with E-state index in [1.165, 1.54) is 12.1 Å². The van der Waals surface area contributed by atoms with Crippen molar-refractivity contribution >= 4 is 16.0 Å². The molecule has 0 amide bonds. The van der Waals surface area contributed by atoms with Gasteiger partial charge in [0.2, 0.25) is 10.9 Å². The van der Waals surface area contributed by atoms with Crippen molar-refractivity contribution in [2.75, 3.05) is 19.7 Å². The third-order valence-corrected chi connectivity index (χ3v) is 4.33. The summed E-state index contributed by atoms with van der Waals surface area (Å²) in [5, 5.41) is 2.85. The van der Waals surface area contributed by atoms with Gasteiger partial charge in [-0.1, -0.05) is 0 Å². The predicted molar refractivity (Wildman–Crippen MR) is 70.9 cm³/mol. The van der Waals surface area contributed by atoms with Crippen LogP contribution < -0.4 is 10.0 Å². The standard InChI is InChI=1S/C12H18N2O5S/c1-2-18-12(15)10-5-6-11(19-10)20(16,17)14-9-4-3-7-13-8-9/h5-6,9,13-14H,2-4,7-8H2,1H3. The van der Waals surface area contributed by atoms with Crippen LogP contribution in [0.25, 0.3) is 0 Å². The normalized spacial score (nSPS) is 19.8. The van der Waals surface area contributed by atoms with Crippen LogP contribution in [-0.4, -0.2) is 40.1 Å². The van der Waals surface area contributed by atoms with Gasteiger partial charge in [-0.05, 0) is 38.4 Å². The number of nitrogens with one attached hydrogen (secondary N) is 2. The van der Waals surface area contributed by atoms with Crippen molar-refractivity contribution in [3.8, 4) is 0 Å². The molecule has 2 heterocycles. The average molecular weight is 302 g/mol. The molecule has 2 N–H and O–H groups in total. The zero-order valence-electron chi connectivity index (χ0n) is 11.2. The summed E-state index contributed by atoms with van der Waals surface area (Å²) in [5.74, 6) is -0.790. The van der Waals surface area contributed by atoms with Crippen molar-refractivity contribution < 1.29 is 22.4 Å². The molecule has 0 aromatic carbocycles. The van der Waals surface area contributed by atoms with Gasteiger partial charge in [-0.3, -0.25) is 0 Å². The Balaban J connectivity index is 2.07. The molecule has 1 saturated heterocycles. The number of ether oxygens (including phenoxy) is 1. The number of sulfonamides is 1. The number of hydrogen-bond donors (Lipinski definition) is 2. The van der Waals surface area contributed by atoms with Crippen molar-refractivity contribution in [3.63, 3.8) is 0 Å². The highest BCUT2D eigenvalue weighted by Gasteiger charge is 2.25. The van der Waals surface area contributed by atoms with Crippen molar-refractivity contribution in [2.24, 2.45) is 0 Å². The predicted octanol–water partition coefficient (Wildman–Crippen LogP) is 0.487. The minimum absolute atomic E-state index is 0.117. The molecule has 1 fully saturated rings. The highest BCUT2D eigenvalue weighted by Crippen LogP contribution is 2.16. The first-order valence-electron chi connectivity index (χ1n) is 6.53. The molecule has 7 nitrogen and oxygen atoms in total. The summed E-state index contributed by atoms with van der Waals surface area (Å²) in [4.78, 5) is 11.4. The van der Waals surface area contributed by atoms with Crippen LogP contribution in [0.5, 0.6) is 0 Å². The second kappa shape index (κ2) is 6.38. The molecule has 0 saturated carbocycles. The van der Waals surface area contributed by atoms with Crippen molar-refractivity contribution in [3.05, 3.63) is 17.9 Å². The molecule has 0 spiro atoms. The molecule has 1 atom stereocenters. The summed E-state index contributed by atoms with van der Waals surface area (Å²) in [7, 11) is -3.75. The molecule has 1 aromatic rings. The summed E-state index contributed by atoms with van der Waals surface area (Å²) in [5.41, 5.74) is 0. The van der Waals surface area contributed by atoms with Crippen LogP contribution in [0.3, 0.4) is 0 Å². The maximum atomic E-state index is 12.1. The van der Waals surface area contributed by atoms with Gasteiger partial charge >= 0.3 is 5.97 Å². The van der Waals surface area contributed by atoms with E-state index < -0.39 is 16.0 Å². The van der Waals surface area contributed by atoms with Crippen molar-refractivity contribution in [1.29, 1.82) is 0 Å². The number of carbonyl (C=O) groups is 1. The number of furan rings is 1. The molecular formula is C12H18N2O5S. The number of piperidine rings is 1. The van der Waals surface area contributed by atoms with Gasteiger partial charge in [0.25, 0.3) is 10.0 Å². The number of rotatable bonds is 5. The van der Waals surface area contributed by atoms with E-state index in [0.717, 1.165) is 19.4 Å². The topological polar surface area (TPSA) is 97.6 Å². The molecule has 0 radical (unpaired) electrons. The lowest BCUT2D eigenvalue weighted by molar-refractivity contribution is 0.0484. The van der Waals surface area contributed by atoms with Crippen LogP contribution in [-0.2, 0) is 14.8 Å². The summed E-state index contributed by atoms with van der Waals surface area (Å²) in [6.45, 7) is 3.35. The van der Waals surface area contributed by atoms with Gasteiger partial charge in [0, 0.05) is 12.6 Å². The zero-order valence-corrected chi connectivity index (χ0v) is 12.0. The smallest absolute Gasteiger partial charge is 0.374 e. The van der Waals surface area contributed by atoms with Gasteiger partial charge in [-0.25, -0.2) is 17.9 Å². The van der Waals surface area contributed by atoms with E-state index in [1.54, 1.807) is 6.92 Å². The molecule has 20 heavy (non-hydrogen) atoms. The van der Waals surface area contributed by atoms with Crippen LogP contribution in [0.15, 0.2) is 21.6 Å². The lowest BCUT2D eigenvalue weighted by Crippen LogP contribution is -2.45. The minimum Gasteiger partial charge on any atom is -0.460 e. The lowest BCUT2D eigenvalue weighted by Gasteiger charge is -2.22. The van der Waals surface area contributed by atoms with E-state index >= 15 is 0 Å². The fourth-order valence-corrected chi connectivity index (χ4v) is 3.21. The molecule has 0 bridgehead atoms. The van der Waals surface area contributed by atoms with Crippen LogP contribution in [0.1, 0.15) is 30.3 Å². The summed E-state index contributed by atoms with van der Waals surface area (Å²) < 4.78 is 36.6. The number of carbonyl (C=O) groups excluding carboxylic acids is 1. The first-order valence-corrected chi connectivity index (χ1v) is 8.01. The molecule has 0 aliphatic carbocycles. The third kappa shape index (κ3) is 3.59. The minimum atomic E-state index is -3.75. The van der Waals surface area contributed by atoms with E-state index in [-0.39, 0.29) is 23.5 Å². The Morgan fingerprint density at radius 2 is 2.35 bits per heavy atom. The van der Waals surface area contributed by atoms with Crippen LogP contribution >= 0.6 is 0 Å². The average Bonchev–Trinajstić information content (AvgIpc) is 2.90. The Labute approximate surface area is 117 Å². The second-order valence-electron chi connectivity index (χ2n) is 4.50. The van der Waals surface area contributed by atoms with Gasteiger partial charge in [0.05, 0.1) is 6.61 Å². The van der Waals surface area contributed by atoms with Gasteiger partial charge in [0.15, 0.2) is 0 Å². The fourth-order valence-electron chi connectivity index (χ4n) is 2.01. The van der Waals surface area contributed by atoms with E-state index in [1.807, 2.05) is 0 Å².